The van der Waals surface area contributed by atoms with Gasteiger partial charge >= 0.3 is 6.09 Å². The molecule has 2 unspecified atom stereocenters. The molecule has 0 radical (unpaired) electrons. The fourth-order valence-corrected chi connectivity index (χ4v) is 2.75. The molecule has 2 atom stereocenters. The van der Waals surface area contributed by atoms with Gasteiger partial charge in [-0.1, -0.05) is 24.0 Å². The molecule has 0 bridgehead atoms. The first-order valence-electron chi connectivity index (χ1n) is 11.3. The van der Waals surface area contributed by atoms with Gasteiger partial charge in [-0.2, -0.15) is 0 Å². The van der Waals surface area contributed by atoms with E-state index in [2.05, 4.69) is 17.2 Å². The zero-order valence-electron chi connectivity index (χ0n) is 20.6. The number of nitrogens with two attached hydrogens (primary N) is 1. The summed E-state index contributed by atoms with van der Waals surface area (Å²) in [6.45, 7) is 8.94. The molecule has 0 fully saturated rings. The van der Waals surface area contributed by atoms with Crippen molar-refractivity contribution in [3.8, 4) is 11.8 Å². The lowest BCUT2D eigenvalue weighted by atomic mass is 10.1. The second-order valence-corrected chi connectivity index (χ2v) is 8.66. The lowest BCUT2D eigenvalue weighted by Gasteiger charge is -2.27. The Kier molecular flexibility index (Phi) is 13.9. The average Bonchev–Trinajstić information content (AvgIpc) is 2.76. The van der Waals surface area contributed by atoms with Gasteiger partial charge in [0.15, 0.2) is 0 Å². The molecule has 1 aromatic carbocycles. The summed E-state index contributed by atoms with van der Waals surface area (Å²) >= 11 is 0. The lowest BCUT2D eigenvalue weighted by Crippen LogP contribution is -2.45. The maximum atomic E-state index is 12.2. The van der Waals surface area contributed by atoms with Crippen molar-refractivity contribution >= 4 is 12.0 Å². The van der Waals surface area contributed by atoms with E-state index >= 15 is 0 Å². The van der Waals surface area contributed by atoms with E-state index in [-0.39, 0.29) is 19.1 Å². The van der Waals surface area contributed by atoms with E-state index in [0.717, 1.165) is 11.1 Å². The van der Waals surface area contributed by atoms with Crippen LogP contribution in [0.15, 0.2) is 24.3 Å². The van der Waals surface area contributed by atoms with Gasteiger partial charge in [0.1, 0.15) is 12.2 Å². The van der Waals surface area contributed by atoms with Gasteiger partial charge in [-0.25, -0.2) is 4.79 Å². The fraction of sp³-hybridized carbons (Fsp3) is 0.600. The number of ether oxygens (including phenoxy) is 4. The minimum absolute atomic E-state index is 0.00139. The molecule has 190 valence electrons. The molecule has 9 heteroatoms. The summed E-state index contributed by atoms with van der Waals surface area (Å²) in [4.78, 5) is 23.4. The minimum Gasteiger partial charge on any atom is -0.444 e. The number of hydrogen-bond donors (Lipinski definition) is 3. The number of benzene rings is 1. The first-order chi connectivity index (χ1) is 16.1. The molecule has 9 nitrogen and oxygen atoms in total. The topological polar surface area (TPSA) is 129 Å². The molecule has 0 aliphatic heterocycles. The Bertz CT molecular complexity index is 794. The number of carbonyl (C=O) groups is 2. The van der Waals surface area contributed by atoms with Gasteiger partial charge in [-0.3, -0.25) is 4.79 Å². The summed E-state index contributed by atoms with van der Waals surface area (Å²) < 4.78 is 21.7. The molecule has 0 saturated heterocycles. The number of primary amides is 1. The highest BCUT2D eigenvalue weighted by molar-refractivity contribution is 5.74. The highest BCUT2D eigenvalue weighted by atomic mass is 16.6. The van der Waals surface area contributed by atoms with E-state index in [1.165, 1.54) is 0 Å². The summed E-state index contributed by atoms with van der Waals surface area (Å²) in [5, 5.41) is 11.4. The van der Waals surface area contributed by atoms with Gasteiger partial charge in [0.05, 0.1) is 45.2 Å². The smallest absolute Gasteiger partial charge is 0.407 e. The molecule has 0 aliphatic rings. The second kappa shape index (κ2) is 16.1. The number of aliphatic hydroxyl groups excluding tert-OH is 1. The van der Waals surface area contributed by atoms with Gasteiger partial charge in [0.2, 0.25) is 5.91 Å². The van der Waals surface area contributed by atoms with Crippen LogP contribution in [-0.4, -0.2) is 67.9 Å². The third-order valence-electron chi connectivity index (χ3n) is 4.45. The number of nitrogens with one attached hydrogen (secondary N) is 1. The summed E-state index contributed by atoms with van der Waals surface area (Å²) in [5.41, 5.74) is 6.44. The van der Waals surface area contributed by atoms with Gasteiger partial charge in [-0.05, 0) is 51.8 Å². The molecule has 1 rings (SSSR count). The predicted molar refractivity (Wildman–Crippen MR) is 128 cm³/mol. The normalized spacial score (nSPS) is 12.9. The van der Waals surface area contributed by atoms with Crippen LogP contribution < -0.4 is 11.1 Å². The third-order valence-corrected chi connectivity index (χ3v) is 4.45. The van der Waals surface area contributed by atoms with Crippen molar-refractivity contribution in [2.24, 2.45) is 5.73 Å². The molecular weight excluding hydrogens is 440 g/mol. The maximum absolute atomic E-state index is 12.2. The highest BCUT2D eigenvalue weighted by Gasteiger charge is 2.24. The molecule has 2 amide bonds. The number of aliphatic hydroxyl groups is 1. The predicted octanol–water partition coefficient (Wildman–Crippen LogP) is 2.13. The quantitative estimate of drug-likeness (QED) is 0.276. The zero-order chi connectivity index (χ0) is 25.4. The van der Waals surface area contributed by atoms with E-state index in [4.69, 9.17) is 29.8 Å². The molecule has 0 heterocycles. The van der Waals surface area contributed by atoms with E-state index < -0.39 is 23.6 Å². The maximum Gasteiger partial charge on any atom is 0.407 e. The number of hydrogen-bond acceptors (Lipinski definition) is 7. The number of rotatable bonds is 14. The van der Waals surface area contributed by atoms with Crippen molar-refractivity contribution in [2.75, 3.05) is 33.0 Å². The van der Waals surface area contributed by atoms with Crippen LogP contribution in [0.1, 0.15) is 51.7 Å². The monoisotopic (exact) mass is 478 g/mol. The largest absolute Gasteiger partial charge is 0.444 e. The van der Waals surface area contributed by atoms with Gasteiger partial charge < -0.3 is 35.1 Å². The van der Waals surface area contributed by atoms with Gasteiger partial charge in [0.25, 0.3) is 0 Å². The van der Waals surface area contributed by atoms with Gasteiger partial charge in [0, 0.05) is 12.0 Å². The Balaban J connectivity index is 2.52. The first kappa shape index (κ1) is 29.4. The second-order valence-electron chi connectivity index (χ2n) is 8.66. The number of carbonyl (C=O) groups excluding carboxylic acids is 2. The van der Waals surface area contributed by atoms with Crippen LogP contribution in [-0.2, 0) is 30.3 Å². The van der Waals surface area contributed by atoms with E-state index in [0.29, 0.717) is 39.5 Å². The Morgan fingerprint density at radius 2 is 1.79 bits per heavy atom. The average molecular weight is 479 g/mol. The summed E-state index contributed by atoms with van der Waals surface area (Å²) in [6.07, 6.45) is -0.465. The van der Waals surface area contributed by atoms with Crippen LogP contribution in [0.4, 0.5) is 4.79 Å². The Morgan fingerprint density at radius 3 is 2.41 bits per heavy atom. The molecule has 34 heavy (non-hydrogen) atoms. The van der Waals surface area contributed by atoms with Crippen molar-refractivity contribution in [1.82, 2.24) is 5.32 Å². The Morgan fingerprint density at radius 1 is 1.12 bits per heavy atom. The van der Waals surface area contributed by atoms with Crippen LogP contribution in [0.25, 0.3) is 0 Å². The van der Waals surface area contributed by atoms with E-state index in [9.17, 15) is 9.59 Å². The summed E-state index contributed by atoms with van der Waals surface area (Å²) in [6, 6.07) is 7.19. The summed E-state index contributed by atoms with van der Waals surface area (Å²) in [7, 11) is 0. The number of amides is 2. The Labute approximate surface area is 202 Å². The molecule has 0 saturated carbocycles. The molecule has 0 aromatic heterocycles. The van der Waals surface area contributed by atoms with Crippen LogP contribution >= 0.6 is 0 Å². The van der Waals surface area contributed by atoms with Crippen molar-refractivity contribution < 1.29 is 33.6 Å². The SMILES string of the molecule is CC(OCc1ccc(C#CCOCCOCCO)cc1)C(CCC(N)=O)NC(=O)OC(C)(C)C. The molecule has 4 N–H and O–H groups in total. The highest BCUT2D eigenvalue weighted by Crippen LogP contribution is 2.13. The molecule has 0 aliphatic carbocycles. The van der Waals surface area contributed by atoms with Gasteiger partial charge in [-0.15, -0.1) is 0 Å². The van der Waals surface area contributed by atoms with Crippen molar-refractivity contribution in [2.45, 2.75) is 64.9 Å². The fourth-order valence-electron chi connectivity index (χ4n) is 2.75. The lowest BCUT2D eigenvalue weighted by molar-refractivity contribution is -0.118. The van der Waals surface area contributed by atoms with Crippen LogP contribution in [0.2, 0.25) is 0 Å². The van der Waals surface area contributed by atoms with Crippen LogP contribution in [0, 0.1) is 11.8 Å². The first-order valence-corrected chi connectivity index (χ1v) is 11.3. The van der Waals surface area contributed by atoms with Crippen LogP contribution in [0.5, 0.6) is 0 Å². The zero-order valence-corrected chi connectivity index (χ0v) is 20.6. The van der Waals surface area contributed by atoms with Crippen molar-refractivity contribution in [3.63, 3.8) is 0 Å². The molecule has 0 spiro atoms. The molecular formula is C25H38N2O7. The third kappa shape index (κ3) is 14.5. The van der Waals surface area contributed by atoms with E-state index in [1.54, 1.807) is 20.8 Å². The standard InChI is InChI=1S/C25H38N2O7/c1-19(22(11-12-23(26)29)27-24(30)34-25(2,3)4)33-18-21-9-7-20(8-10-21)6-5-14-31-16-17-32-15-13-28/h7-10,19,22,28H,11-18H2,1-4H3,(H2,26,29)(H,27,30). The van der Waals surface area contributed by atoms with E-state index in [1.807, 2.05) is 31.2 Å². The van der Waals surface area contributed by atoms with Crippen molar-refractivity contribution in [3.05, 3.63) is 35.4 Å². The molecule has 1 aromatic rings. The minimum atomic E-state index is -0.631. The Hall–Kier alpha value is -2.64. The van der Waals surface area contributed by atoms with Crippen molar-refractivity contribution in [1.29, 1.82) is 0 Å². The van der Waals surface area contributed by atoms with Crippen LogP contribution in [0.3, 0.4) is 0 Å². The summed E-state index contributed by atoms with van der Waals surface area (Å²) in [5.74, 6) is 5.51. The number of alkyl carbamates (subject to hydrolysis) is 1.